The number of carbonyl (C=O) groups is 3. The predicted molar refractivity (Wildman–Crippen MR) is 124 cm³/mol. The Balaban J connectivity index is 1.79. The summed E-state index contributed by atoms with van der Waals surface area (Å²) < 4.78 is 0.871. The first kappa shape index (κ1) is 22.7. The van der Waals surface area contributed by atoms with Crippen molar-refractivity contribution in [2.24, 2.45) is 0 Å². The molecule has 0 aliphatic carbocycles. The van der Waals surface area contributed by atoms with Crippen LogP contribution in [0.15, 0.2) is 42.5 Å². The van der Waals surface area contributed by atoms with Gasteiger partial charge in [-0.25, -0.2) is 4.79 Å². The molecule has 0 spiro atoms. The number of hydrogen-bond donors (Lipinski definition) is 4. The number of nitrogens with one attached hydrogen (secondary N) is 3. The number of thiophene rings is 1. The van der Waals surface area contributed by atoms with Gasteiger partial charge in [0.1, 0.15) is 4.88 Å². The summed E-state index contributed by atoms with van der Waals surface area (Å²) in [7, 11) is 1.86. The van der Waals surface area contributed by atoms with Crippen molar-refractivity contribution in [1.82, 2.24) is 10.6 Å². The van der Waals surface area contributed by atoms with Crippen molar-refractivity contribution in [2.45, 2.75) is 12.8 Å². The van der Waals surface area contributed by atoms with Crippen LogP contribution in [0.2, 0.25) is 5.02 Å². The van der Waals surface area contributed by atoms with E-state index in [9.17, 15) is 19.5 Å². The van der Waals surface area contributed by atoms with E-state index in [1.807, 2.05) is 31.3 Å². The maximum absolute atomic E-state index is 12.8. The summed E-state index contributed by atoms with van der Waals surface area (Å²) in [4.78, 5) is 37.1. The fourth-order valence-corrected chi connectivity index (χ4v) is 4.45. The SMILES string of the molecule is CNCCCCNC(=O)c1cc(NC(=O)c2sc3ccccc3c2Cl)cc(C(=O)O)c1. The highest BCUT2D eigenvalue weighted by Gasteiger charge is 2.19. The Morgan fingerprint density at radius 3 is 2.42 bits per heavy atom. The summed E-state index contributed by atoms with van der Waals surface area (Å²) in [6.45, 7) is 1.32. The van der Waals surface area contributed by atoms with Crippen LogP contribution in [-0.4, -0.2) is 43.0 Å². The van der Waals surface area contributed by atoms with Gasteiger partial charge in [-0.05, 0) is 50.7 Å². The van der Waals surface area contributed by atoms with E-state index in [0.29, 0.717) is 16.4 Å². The van der Waals surface area contributed by atoms with E-state index in [4.69, 9.17) is 11.6 Å². The van der Waals surface area contributed by atoms with Gasteiger partial charge in [-0.3, -0.25) is 9.59 Å². The zero-order valence-corrected chi connectivity index (χ0v) is 18.4. The number of carbonyl (C=O) groups excluding carboxylic acids is 2. The number of rotatable bonds is 9. The van der Waals surface area contributed by atoms with E-state index in [2.05, 4.69) is 16.0 Å². The Hall–Kier alpha value is -2.94. The van der Waals surface area contributed by atoms with Crippen LogP contribution >= 0.6 is 22.9 Å². The van der Waals surface area contributed by atoms with E-state index in [0.717, 1.165) is 29.5 Å². The summed E-state index contributed by atoms with van der Waals surface area (Å²) in [6.07, 6.45) is 1.70. The molecule has 0 saturated carbocycles. The Bertz CT molecular complexity index is 1130. The lowest BCUT2D eigenvalue weighted by Crippen LogP contribution is -2.25. The van der Waals surface area contributed by atoms with Gasteiger partial charge in [-0.2, -0.15) is 0 Å². The lowest BCUT2D eigenvalue weighted by atomic mass is 10.1. The molecule has 0 fully saturated rings. The van der Waals surface area contributed by atoms with Crippen LogP contribution in [0, 0.1) is 0 Å². The second-order valence-electron chi connectivity index (χ2n) is 6.87. The lowest BCUT2D eigenvalue weighted by molar-refractivity contribution is 0.0696. The van der Waals surface area contributed by atoms with Crippen LogP contribution in [0.4, 0.5) is 5.69 Å². The van der Waals surface area contributed by atoms with Gasteiger partial charge in [0.05, 0.1) is 10.6 Å². The molecule has 0 radical (unpaired) electrons. The van der Waals surface area contributed by atoms with E-state index < -0.39 is 17.8 Å². The molecule has 4 N–H and O–H groups in total. The number of unbranched alkanes of at least 4 members (excludes halogenated alkanes) is 1. The molecule has 0 saturated heterocycles. The first-order valence-corrected chi connectivity index (χ1v) is 10.9. The van der Waals surface area contributed by atoms with E-state index in [1.54, 1.807) is 0 Å². The predicted octanol–water partition coefficient (Wildman–Crippen LogP) is 4.23. The normalized spacial score (nSPS) is 10.8. The highest BCUT2D eigenvalue weighted by Crippen LogP contribution is 2.35. The summed E-state index contributed by atoms with van der Waals surface area (Å²) in [5.74, 6) is -2.06. The molecule has 0 aliphatic rings. The minimum absolute atomic E-state index is 0.0967. The van der Waals surface area contributed by atoms with Gasteiger partial charge < -0.3 is 21.1 Å². The molecule has 2 aromatic carbocycles. The highest BCUT2D eigenvalue weighted by atomic mass is 35.5. The molecule has 1 heterocycles. The maximum atomic E-state index is 12.8. The number of fused-ring (bicyclic) bond motifs is 1. The molecular weight excluding hydrogens is 438 g/mol. The van der Waals surface area contributed by atoms with Crippen molar-refractivity contribution >= 4 is 56.5 Å². The second-order valence-corrected chi connectivity index (χ2v) is 8.30. The van der Waals surface area contributed by atoms with Gasteiger partial charge in [0.25, 0.3) is 11.8 Å². The third kappa shape index (κ3) is 5.61. The van der Waals surface area contributed by atoms with Gasteiger partial charge in [0, 0.05) is 27.9 Å². The number of carboxylic acid groups (broad SMARTS) is 1. The zero-order chi connectivity index (χ0) is 22.4. The first-order chi connectivity index (χ1) is 14.9. The molecule has 3 aromatic rings. The van der Waals surface area contributed by atoms with E-state index in [-0.39, 0.29) is 16.8 Å². The maximum Gasteiger partial charge on any atom is 0.335 e. The Morgan fingerprint density at radius 1 is 1.00 bits per heavy atom. The van der Waals surface area contributed by atoms with Gasteiger partial charge in [0.2, 0.25) is 0 Å². The summed E-state index contributed by atoms with van der Waals surface area (Å²) in [6, 6.07) is 11.4. The number of amides is 2. The van der Waals surface area contributed by atoms with Crippen LogP contribution in [-0.2, 0) is 0 Å². The first-order valence-electron chi connectivity index (χ1n) is 9.70. The number of benzene rings is 2. The number of anilines is 1. The smallest absolute Gasteiger partial charge is 0.335 e. The largest absolute Gasteiger partial charge is 0.478 e. The molecule has 9 heteroatoms. The summed E-state index contributed by atoms with van der Waals surface area (Å²) in [5, 5.41) is 19.0. The fourth-order valence-electron chi connectivity index (χ4n) is 3.03. The van der Waals surface area contributed by atoms with Crippen molar-refractivity contribution in [1.29, 1.82) is 0 Å². The molecule has 162 valence electrons. The van der Waals surface area contributed by atoms with Crippen molar-refractivity contribution in [3.05, 3.63) is 63.5 Å². The Kier molecular flexibility index (Phi) is 7.62. The van der Waals surface area contributed by atoms with Crippen LogP contribution < -0.4 is 16.0 Å². The highest BCUT2D eigenvalue weighted by molar-refractivity contribution is 7.21. The van der Waals surface area contributed by atoms with Crippen LogP contribution in [0.1, 0.15) is 43.2 Å². The molecular formula is C22H22ClN3O4S. The lowest BCUT2D eigenvalue weighted by Gasteiger charge is -2.10. The Labute approximate surface area is 188 Å². The molecule has 0 atom stereocenters. The van der Waals surface area contributed by atoms with Crippen molar-refractivity contribution < 1.29 is 19.5 Å². The zero-order valence-electron chi connectivity index (χ0n) is 16.8. The Morgan fingerprint density at radius 2 is 1.71 bits per heavy atom. The van der Waals surface area contributed by atoms with Crippen molar-refractivity contribution in [2.75, 3.05) is 25.5 Å². The summed E-state index contributed by atoms with van der Waals surface area (Å²) >= 11 is 7.61. The average Bonchev–Trinajstić information content (AvgIpc) is 3.10. The van der Waals surface area contributed by atoms with E-state index in [1.165, 1.54) is 29.5 Å². The van der Waals surface area contributed by atoms with Crippen LogP contribution in [0.5, 0.6) is 0 Å². The van der Waals surface area contributed by atoms with Crippen LogP contribution in [0.3, 0.4) is 0 Å². The minimum Gasteiger partial charge on any atom is -0.478 e. The molecule has 0 aliphatic heterocycles. The van der Waals surface area contributed by atoms with Crippen molar-refractivity contribution in [3.8, 4) is 0 Å². The standard InChI is InChI=1S/C22H22ClN3O4S/c1-24-8-4-5-9-25-20(27)13-10-14(22(29)30)12-15(11-13)26-21(28)19-18(23)16-6-2-3-7-17(16)31-19/h2-3,6-7,10-12,24H,4-5,8-9H2,1H3,(H,25,27)(H,26,28)(H,29,30). The third-order valence-corrected chi connectivity index (χ3v) is 6.25. The monoisotopic (exact) mass is 459 g/mol. The number of carboxylic acids is 1. The fraction of sp³-hybridized carbons (Fsp3) is 0.227. The number of hydrogen-bond acceptors (Lipinski definition) is 5. The van der Waals surface area contributed by atoms with Gasteiger partial charge in [0.15, 0.2) is 0 Å². The number of aromatic carboxylic acids is 1. The second kappa shape index (κ2) is 10.4. The molecule has 0 bridgehead atoms. The number of halogens is 1. The molecule has 31 heavy (non-hydrogen) atoms. The average molecular weight is 460 g/mol. The van der Waals surface area contributed by atoms with Crippen molar-refractivity contribution in [3.63, 3.8) is 0 Å². The molecule has 0 unspecified atom stereocenters. The minimum atomic E-state index is -1.20. The third-order valence-electron chi connectivity index (χ3n) is 4.58. The quantitative estimate of drug-likeness (QED) is 0.358. The summed E-state index contributed by atoms with van der Waals surface area (Å²) in [5.41, 5.74) is 0.269. The van der Waals surface area contributed by atoms with Gasteiger partial charge >= 0.3 is 5.97 Å². The molecule has 2 amide bonds. The molecule has 1 aromatic heterocycles. The van der Waals surface area contributed by atoms with Gasteiger partial charge in [-0.15, -0.1) is 11.3 Å². The molecule has 7 nitrogen and oxygen atoms in total. The van der Waals surface area contributed by atoms with E-state index >= 15 is 0 Å². The molecule has 3 rings (SSSR count). The van der Waals surface area contributed by atoms with Gasteiger partial charge in [-0.1, -0.05) is 29.8 Å². The topological polar surface area (TPSA) is 108 Å². The van der Waals surface area contributed by atoms with Crippen LogP contribution in [0.25, 0.3) is 10.1 Å².